The SMILES string of the molecule is Cc1nn(C)c(N2CCc3cccc(N)c3C2)c1[N+](=O)[O-]. The van der Waals surface area contributed by atoms with E-state index >= 15 is 0 Å². The second kappa shape index (κ2) is 4.76. The number of hydrogen-bond acceptors (Lipinski definition) is 5. The summed E-state index contributed by atoms with van der Waals surface area (Å²) < 4.78 is 1.58. The highest BCUT2D eigenvalue weighted by Gasteiger charge is 2.30. The van der Waals surface area contributed by atoms with E-state index in [9.17, 15) is 10.1 Å². The summed E-state index contributed by atoms with van der Waals surface area (Å²) in [5.41, 5.74) is 9.56. The molecular formula is C14H17N5O2. The molecule has 3 rings (SSSR count). The maximum atomic E-state index is 11.3. The zero-order chi connectivity index (χ0) is 15.1. The van der Waals surface area contributed by atoms with Crippen molar-refractivity contribution in [2.75, 3.05) is 17.2 Å². The standard InChI is InChI=1S/C14H17N5O2/c1-9-13(19(20)21)14(17(2)16-9)18-7-6-10-4-3-5-12(15)11(10)8-18/h3-5H,6-8,15H2,1-2H3. The highest BCUT2D eigenvalue weighted by Crippen LogP contribution is 2.35. The van der Waals surface area contributed by atoms with Crippen LogP contribution in [0, 0.1) is 17.0 Å². The molecule has 0 aliphatic carbocycles. The van der Waals surface area contributed by atoms with Crippen LogP contribution in [0.5, 0.6) is 0 Å². The normalized spacial score (nSPS) is 14.1. The summed E-state index contributed by atoms with van der Waals surface area (Å²) in [5, 5.41) is 15.5. The minimum atomic E-state index is -0.360. The highest BCUT2D eigenvalue weighted by atomic mass is 16.6. The Kier molecular flexibility index (Phi) is 3.04. The van der Waals surface area contributed by atoms with Crippen molar-refractivity contribution in [1.82, 2.24) is 9.78 Å². The number of anilines is 2. The van der Waals surface area contributed by atoms with Gasteiger partial charge in [0.25, 0.3) is 0 Å². The Labute approximate surface area is 122 Å². The molecule has 1 aromatic heterocycles. The van der Waals surface area contributed by atoms with E-state index in [-0.39, 0.29) is 10.6 Å². The Balaban J connectivity index is 2.04. The summed E-state index contributed by atoms with van der Waals surface area (Å²) >= 11 is 0. The van der Waals surface area contributed by atoms with Crippen molar-refractivity contribution in [1.29, 1.82) is 0 Å². The second-order valence-corrected chi connectivity index (χ2v) is 5.29. The van der Waals surface area contributed by atoms with Crippen molar-refractivity contribution in [3.05, 3.63) is 45.1 Å². The minimum absolute atomic E-state index is 0.0791. The predicted octanol–water partition coefficient (Wildman–Crippen LogP) is 1.78. The maximum Gasteiger partial charge on any atom is 0.333 e. The van der Waals surface area contributed by atoms with Gasteiger partial charge >= 0.3 is 5.69 Å². The number of nitrogens with two attached hydrogens (primary N) is 1. The second-order valence-electron chi connectivity index (χ2n) is 5.29. The summed E-state index contributed by atoms with van der Waals surface area (Å²) in [6.45, 7) is 2.95. The lowest BCUT2D eigenvalue weighted by molar-refractivity contribution is -0.384. The molecule has 1 aromatic carbocycles. The third-order valence-electron chi connectivity index (χ3n) is 3.95. The van der Waals surface area contributed by atoms with Crippen LogP contribution in [0.3, 0.4) is 0 Å². The van der Waals surface area contributed by atoms with Crippen LogP contribution in [0.25, 0.3) is 0 Å². The van der Waals surface area contributed by atoms with Gasteiger partial charge in [0, 0.05) is 25.8 Å². The monoisotopic (exact) mass is 287 g/mol. The number of benzene rings is 1. The van der Waals surface area contributed by atoms with Gasteiger partial charge in [0.1, 0.15) is 5.69 Å². The molecule has 1 aliphatic rings. The van der Waals surface area contributed by atoms with Crippen molar-refractivity contribution < 1.29 is 4.92 Å². The average Bonchev–Trinajstić information content (AvgIpc) is 2.74. The summed E-state index contributed by atoms with van der Waals surface area (Å²) in [4.78, 5) is 12.9. The van der Waals surface area contributed by atoms with Crippen LogP contribution in [0.15, 0.2) is 18.2 Å². The van der Waals surface area contributed by atoms with Gasteiger partial charge in [-0.2, -0.15) is 5.10 Å². The summed E-state index contributed by atoms with van der Waals surface area (Å²) in [6, 6.07) is 5.87. The van der Waals surface area contributed by atoms with E-state index in [0.717, 1.165) is 24.2 Å². The zero-order valence-corrected chi connectivity index (χ0v) is 12.0. The van der Waals surface area contributed by atoms with E-state index < -0.39 is 0 Å². The Hall–Kier alpha value is -2.57. The van der Waals surface area contributed by atoms with Crippen LogP contribution in [0.2, 0.25) is 0 Å². The molecule has 0 unspecified atom stereocenters. The van der Waals surface area contributed by atoms with Crippen LogP contribution in [0.4, 0.5) is 17.2 Å². The first-order valence-electron chi connectivity index (χ1n) is 6.78. The summed E-state index contributed by atoms with van der Waals surface area (Å²) in [7, 11) is 1.74. The van der Waals surface area contributed by atoms with Crippen molar-refractivity contribution in [3.63, 3.8) is 0 Å². The molecule has 110 valence electrons. The fourth-order valence-corrected chi connectivity index (χ4v) is 2.99. The Bertz CT molecular complexity index is 722. The summed E-state index contributed by atoms with van der Waals surface area (Å²) in [5.74, 6) is 0.548. The van der Waals surface area contributed by atoms with Gasteiger partial charge in [0.2, 0.25) is 5.82 Å². The van der Waals surface area contributed by atoms with Crippen LogP contribution >= 0.6 is 0 Å². The number of aryl methyl sites for hydroxylation is 2. The molecule has 0 radical (unpaired) electrons. The van der Waals surface area contributed by atoms with E-state index in [2.05, 4.69) is 11.2 Å². The van der Waals surface area contributed by atoms with E-state index in [1.54, 1.807) is 18.7 Å². The average molecular weight is 287 g/mol. The van der Waals surface area contributed by atoms with E-state index in [1.807, 2.05) is 17.0 Å². The van der Waals surface area contributed by atoms with Crippen LogP contribution < -0.4 is 10.6 Å². The molecule has 2 N–H and O–H groups in total. The lowest BCUT2D eigenvalue weighted by Crippen LogP contribution is -2.32. The predicted molar refractivity (Wildman–Crippen MR) is 80.2 cm³/mol. The van der Waals surface area contributed by atoms with E-state index in [0.29, 0.717) is 18.1 Å². The molecule has 0 saturated heterocycles. The molecule has 0 bridgehead atoms. The molecule has 0 fully saturated rings. The Morgan fingerprint density at radius 1 is 1.43 bits per heavy atom. The van der Waals surface area contributed by atoms with Gasteiger partial charge in [-0.15, -0.1) is 0 Å². The fraction of sp³-hybridized carbons (Fsp3) is 0.357. The molecule has 7 heteroatoms. The van der Waals surface area contributed by atoms with Crippen LogP contribution in [0.1, 0.15) is 16.8 Å². The molecule has 0 amide bonds. The first-order valence-corrected chi connectivity index (χ1v) is 6.78. The number of nitrogens with zero attached hydrogens (tertiary/aromatic N) is 4. The van der Waals surface area contributed by atoms with Gasteiger partial charge in [-0.3, -0.25) is 10.1 Å². The molecule has 1 aliphatic heterocycles. The van der Waals surface area contributed by atoms with Gasteiger partial charge in [0.05, 0.1) is 4.92 Å². The quantitative estimate of drug-likeness (QED) is 0.516. The van der Waals surface area contributed by atoms with E-state index in [4.69, 9.17) is 5.73 Å². The molecular weight excluding hydrogens is 270 g/mol. The first-order chi connectivity index (χ1) is 9.99. The van der Waals surface area contributed by atoms with Gasteiger partial charge in [-0.1, -0.05) is 12.1 Å². The molecule has 0 atom stereocenters. The number of hydrogen-bond donors (Lipinski definition) is 1. The maximum absolute atomic E-state index is 11.3. The number of fused-ring (bicyclic) bond motifs is 1. The van der Waals surface area contributed by atoms with Gasteiger partial charge < -0.3 is 10.6 Å². The van der Waals surface area contributed by atoms with Crippen molar-refractivity contribution in [3.8, 4) is 0 Å². The molecule has 21 heavy (non-hydrogen) atoms. The lowest BCUT2D eigenvalue weighted by Gasteiger charge is -2.30. The van der Waals surface area contributed by atoms with Crippen molar-refractivity contribution in [2.24, 2.45) is 7.05 Å². The minimum Gasteiger partial charge on any atom is -0.398 e. The number of aromatic nitrogens is 2. The topological polar surface area (TPSA) is 90.2 Å². The smallest absolute Gasteiger partial charge is 0.333 e. The highest BCUT2D eigenvalue weighted by molar-refractivity contribution is 5.64. The summed E-state index contributed by atoms with van der Waals surface area (Å²) in [6.07, 6.45) is 0.821. The third kappa shape index (κ3) is 2.10. The van der Waals surface area contributed by atoms with E-state index in [1.165, 1.54) is 5.56 Å². The van der Waals surface area contributed by atoms with Crippen LogP contribution in [-0.4, -0.2) is 21.2 Å². The van der Waals surface area contributed by atoms with Gasteiger partial charge in [0.15, 0.2) is 0 Å². The number of rotatable bonds is 2. The zero-order valence-electron chi connectivity index (χ0n) is 12.0. The first kappa shape index (κ1) is 13.4. The molecule has 0 spiro atoms. The van der Waals surface area contributed by atoms with Gasteiger partial charge in [-0.05, 0) is 30.5 Å². The number of nitro groups is 1. The van der Waals surface area contributed by atoms with Crippen LogP contribution in [-0.2, 0) is 20.0 Å². The molecule has 0 saturated carbocycles. The molecule has 2 heterocycles. The Morgan fingerprint density at radius 3 is 2.90 bits per heavy atom. The largest absolute Gasteiger partial charge is 0.398 e. The Morgan fingerprint density at radius 2 is 2.19 bits per heavy atom. The fourth-order valence-electron chi connectivity index (χ4n) is 2.99. The number of nitrogen functional groups attached to an aromatic ring is 1. The third-order valence-corrected chi connectivity index (χ3v) is 3.95. The van der Waals surface area contributed by atoms with Crippen molar-refractivity contribution in [2.45, 2.75) is 19.9 Å². The van der Waals surface area contributed by atoms with Gasteiger partial charge in [-0.25, -0.2) is 4.68 Å². The molecule has 2 aromatic rings. The molecule has 7 nitrogen and oxygen atoms in total. The lowest BCUT2D eigenvalue weighted by atomic mass is 9.98. The van der Waals surface area contributed by atoms with Crippen molar-refractivity contribution >= 4 is 17.2 Å².